The molecule has 0 heterocycles. The number of amides is 1. The molecule has 0 radical (unpaired) electrons. The van der Waals surface area contributed by atoms with E-state index < -0.39 is 0 Å². The van der Waals surface area contributed by atoms with Gasteiger partial charge in [0.25, 0.3) is 0 Å². The monoisotopic (exact) mass is 274 g/mol. The maximum atomic E-state index is 11.3. The molecule has 3 nitrogen and oxygen atoms in total. The van der Waals surface area contributed by atoms with E-state index in [1.807, 2.05) is 12.1 Å². The smallest absolute Gasteiger partial charge is 0.236 e. The molecule has 1 aromatic rings. The number of likely N-dealkylation sites (N-methyl/N-ethyl adjacent to an activating group) is 1. The molecule has 0 bridgehead atoms. The Kier molecular flexibility index (Phi) is 5.75. The number of hydrogen-bond acceptors (Lipinski definition) is 2. The second-order valence-corrected chi connectivity index (χ2v) is 4.79. The fourth-order valence-electron chi connectivity index (χ4n) is 1.30. The predicted molar refractivity (Wildman–Crippen MR) is 71.7 cm³/mol. The van der Waals surface area contributed by atoms with Crippen molar-refractivity contribution in [3.8, 4) is 0 Å². The van der Waals surface area contributed by atoms with Crippen molar-refractivity contribution in [2.45, 2.75) is 6.42 Å². The molecule has 0 spiro atoms. The minimum atomic E-state index is 0.0622. The van der Waals surface area contributed by atoms with Gasteiger partial charge in [-0.1, -0.05) is 29.3 Å². The number of hydrogen-bond donors (Lipinski definition) is 1. The van der Waals surface area contributed by atoms with Gasteiger partial charge < -0.3 is 10.2 Å². The van der Waals surface area contributed by atoms with E-state index in [4.69, 9.17) is 23.2 Å². The van der Waals surface area contributed by atoms with Gasteiger partial charge in [0.1, 0.15) is 0 Å². The molecule has 0 saturated carbocycles. The Morgan fingerprint density at radius 3 is 2.65 bits per heavy atom. The van der Waals surface area contributed by atoms with E-state index >= 15 is 0 Å². The van der Waals surface area contributed by atoms with Gasteiger partial charge in [-0.15, -0.1) is 0 Å². The molecule has 0 fully saturated rings. The number of carbonyl (C=O) groups is 1. The molecule has 1 aromatic carbocycles. The van der Waals surface area contributed by atoms with E-state index in [-0.39, 0.29) is 5.91 Å². The molecule has 0 aliphatic carbocycles. The van der Waals surface area contributed by atoms with Gasteiger partial charge in [0, 0.05) is 24.1 Å². The summed E-state index contributed by atoms with van der Waals surface area (Å²) in [5.74, 6) is 0.0622. The molecule has 1 N–H and O–H groups in total. The SMILES string of the molecule is CN(C)C(=O)CNCCc1ccc(Cl)cc1Cl. The summed E-state index contributed by atoms with van der Waals surface area (Å²) >= 11 is 11.8. The van der Waals surface area contributed by atoms with Gasteiger partial charge >= 0.3 is 0 Å². The van der Waals surface area contributed by atoms with Crippen LogP contribution in [0.15, 0.2) is 18.2 Å². The van der Waals surface area contributed by atoms with Crippen LogP contribution in [0.5, 0.6) is 0 Å². The van der Waals surface area contributed by atoms with Gasteiger partial charge in [0.05, 0.1) is 6.54 Å². The van der Waals surface area contributed by atoms with Gasteiger partial charge in [-0.3, -0.25) is 4.79 Å². The molecule has 0 atom stereocenters. The van der Waals surface area contributed by atoms with E-state index in [9.17, 15) is 4.79 Å². The highest BCUT2D eigenvalue weighted by Gasteiger charge is 2.04. The highest BCUT2D eigenvalue weighted by atomic mass is 35.5. The second kappa shape index (κ2) is 6.84. The van der Waals surface area contributed by atoms with E-state index in [0.29, 0.717) is 23.1 Å². The van der Waals surface area contributed by atoms with Gasteiger partial charge in [0.15, 0.2) is 0 Å². The molecule has 94 valence electrons. The first-order valence-corrected chi connectivity index (χ1v) is 6.11. The Labute approximate surface area is 112 Å². The van der Waals surface area contributed by atoms with Crippen molar-refractivity contribution in [1.29, 1.82) is 0 Å². The number of halogens is 2. The van der Waals surface area contributed by atoms with Gasteiger partial charge in [-0.25, -0.2) is 0 Å². The molecule has 5 heteroatoms. The van der Waals surface area contributed by atoms with Crippen LogP contribution in [0.3, 0.4) is 0 Å². The first-order chi connectivity index (χ1) is 8.00. The fourth-order valence-corrected chi connectivity index (χ4v) is 1.80. The van der Waals surface area contributed by atoms with Crippen molar-refractivity contribution >= 4 is 29.1 Å². The lowest BCUT2D eigenvalue weighted by atomic mass is 10.1. The quantitative estimate of drug-likeness (QED) is 0.836. The molecule has 0 aromatic heterocycles. The van der Waals surface area contributed by atoms with Crippen molar-refractivity contribution in [2.24, 2.45) is 0 Å². The van der Waals surface area contributed by atoms with E-state index in [1.54, 1.807) is 25.1 Å². The third kappa shape index (κ3) is 4.94. The van der Waals surface area contributed by atoms with Crippen LogP contribution in [-0.2, 0) is 11.2 Å². The Morgan fingerprint density at radius 2 is 2.06 bits per heavy atom. The van der Waals surface area contributed by atoms with Gasteiger partial charge in [-0.05, 0) is 30.7 Å². The third-order valence-corrected chi connectivity index (χ3v) is 2.95. The second-order valence-electron chi connectivity index (χ2n) is 3.95. The number of benzene rings is 1. The van der Waals surface area contributed by atoms with Gasteiger partial charge in [-0.2, -0.15) is 0 Å². The summed E-state index contributed by atoms with van der Waals surface area (Å²) in [6, 6.07) is 5.44. The summed E-state index contributed by atoms with van der Waals surface area (Å²) in [5, 5.41) is 4.37. The maximum absolute atomic E-state index is 11.3. The summed E-state index contributed by atoms with van der Waals surface area (Å²) in [4.78, 5) is 12.8. The summed E-state index contributed by atoms with van der Waals surface area (Å²) in [6.07, 6.45) is 0.775. The number of carbonyl (C=O) groups excluding carboxylic acids is 1. The molecule has 0 aliphatic rings. The first kappa shape index (κ1) is 14.3. The Hall–Kier alpha value is -0.770. The number of nitrogens with one attached hydrogen (secondary N) is 1. The zero-order chi connectivity index (χ0) is 12.8. The van der Waals surface area contributed by atoms with E-state index in [1.165, 1.54) is 0 Å². The van der Waals surface area contributed by atoms with E-state index in [2.05, 4.69) is 5.32 Å². The van der Waals surface area contributed by atoms with Crippen LogP contribution in [0.25, 0.3) is 0 Å². The van der Waals surface area contributed by atoms with Crippen molar-refractivity contribution < 1.29 is 4.79 Å². The largest absolute Gasteiger partial charge is 0.348 e. The van der Waals surface area contributed by atoms with Crippen LogP contribution < -0.4 is 5.32 Å². The fraction of sp³-hybridized carbons (Fsp3) is 0.417. The number of nitrogens with zero attached hydrogens (tertiary/aromatic N) is 1. The van der Waals surface area contributed by atoms with Crippen LogP contribution >= 0.6 is 23.2 Å². The molecule has 0 saturated heterocycles. The lowest BCUT2D eigenvalue weighted by Crippen LogP contribution is -2.33. The zero-order valence-electron chi connectivity index (χ0n) is 9.96. The van der Waals surface area contributed by atoms with Crippen molar-refractivity contribution in [2.75, 3.05) is 27.2 Å². The van der Waals surface area contributed by atoms with Crippen molar-refractivity contribution in [3.63, 3.8) is 0 Å². The van der Waals surface area contributed by atoms with Crippen LogP contribution in [0, 0.1) is 0 Å². The van der Waals surface area contributed by atoms with Crippen LogP contribution in [0.1, 0.15) is 5.56 Å². The lowest BCUT2D eigenvalue weighted by molar-refractivity contribution is -0.127. The predicted octanol–water partition coefficient (Wildman–Crippen LogP) is 2.21. The van der Waals surface area contributed by atoms with Crippen LogP contribution in [0.2, 0.25) is 10.0 Å². The van der Waals surface area contributed by atoms with Crippen LogP contribution in [-0.4, -0.2) is 38.0 Å². The standard InChI is InChI=1S/C12H16Cl2N2O/c1-16(2)12(17)8-15-6-5-9-3-4-10(13)7-11(9)14/h3-4,7,15H,5-6,8H2,1-2H3. The summed E-state index contributed by atoms with van der Waals surface area (Å²) in [7, 11) is 3.47. The molecular formula is C12H16Cl2N2O. The molecule has 17 heavy (non-hydrogen) atoms. The molecule has 1 amide bonds. The molecule has 0 unspecified atom stereocenters. The Bertz CT molecular complexity index is 394. The molecule has 1 rings (SSSR count). The third-order valence-electron chi connectivity index (χ3n) is 2.36. The lowest BCUT2D eigenvalue weighted by Gasteiger charge is -2.11. The van der Waals surface area contributed by atoms with Gasteiger partial charge in [0.2, 0.25) is 5.91 Å². The average molecular weight is 275 g/mol. The van der Waals surface area contributed by atoms with Crippen LogP contribution in [0.4, 0.5) is 0 Å². The maximum Gasteiger partial charge on any atom is 0.236 e. The summed E-state index contributed by atoms with van der Waals surface area (Å²) in [6.45, 7) is 1.05. The topological polar surface area (TPSA) is 32.3 Å². The van der Waals surface area contributed by atoms with Crippen molar-refractivity contribution in [1.82, 2.24) is 10.2 Å². The highest BCUT2D eigenvalue weighted by Crippen LogP contribution is 2.20. The summed E-state index contributed by atoms with van der Waals surface area (Å²) < 4.78 is 0. The summed E-state index contributed by atoms with van der Waals surface area (Å²) in [5.41, 5.74) is 1.03. The average Bonchev–Trinajstić information content (AvgIpc) is 2.26. The first-order valence-electron chi connectivity index (χ1n) is 5.35. The minimum Gasteiger partial charge on any atom is -0.348 e. The Balaban J connectivity index is 2.34. The zero-order valence-corrected chi connectivity index (χ0v) is 11.5. The molecule has 0 aliphatic heterocycles. The molecular weight excluding hydrogens is 259 g/mol. The van der Waals surface area contributed by atoms with E-state index in [0.717, 1.165) is 12.0 Å². The minimum absolute atomic E-state index is 0.0622. The normalized spacial score (nSPS) is 10.4. The Morgan fingerprint density at radius 1 is 1.35 bits per heavy atom. The highest BCUT2D eigenvalue weighted by molar-refractivity contribution is 6.35. The number of rotatable bonds is 5. The van der Waals surface area contributed by atoms with Crippen molar-refractivity contribution in [3.05, 3.63) is 33.8 Å².